The zero-order chi connectivity index (χ0) is 24.6. The van der Waals surface area contributed by atoms with Gasteiger partial charge in [0.25, 0.3) is 5.91 Å². The second-order valence-electron chi connectivity index (χ2n) is 9.83. The maximum Gasteiger partial charge on any atom is 0.277 e. The molecule has 3 aromatic rings. The van der Waals surface area contributed by atoms with Gasteiger partial charge >= 0.3 is 0 Å². The fourth-order valence-electron chi connectivity index (χ4n) is 5.24. The van der Waals surface area contributed by atoms with Crippen LogP contribution < -0.4 is 10.2 Å². The molecule has 0 radical (unpaired) electrons. The van der Waals surface area contributed by atoms with Crippen molar-refractivity contribution in [2.45, 2.75) is 70.5 Å². The Morgan fingerprint density at radius 1 is 1.11 bits per heavy atom. The minimum Gasteiger partial charge on any atom is -0.351 e. The van der Waals surface area contributed by atoms with Gasteiger partial charge < -0.3 is 5.32 Å². The van der Waals surface area contributed by atoms with Crippen molar-refractivity contribution >= 4 is 17.5 Å². The van der Waals surface area contributed by atoms with Gasteiger partial charge in [-0.15, -0.1) is 0 Å². The molecule has 1 N–H and O–H groups in total. The Labute approximate surface area is 205 Å². The minimum absolute atomic E-state index is 0.0872. The van der Waals surface area contributed by atoms with Gasteiger partial charge in [0, 0.05) is 17.3 Å². The molecular formula is C28H31FN4O2. The summed E-state index contributed by atoms with van der Waals surface area (Å²) in [5, 5.41) is 7.89. The van der Waals surface area contributed by atoms with Gasteiger partial charge in [-0.2, -0.15) is 5.10 Å². The average Bonchev–Trinajstić information content (AvgIpc) is 3.29. The number of hydrogen-bond acceptors (Lipinski definition) is 3. The van der Waals surface area contributed by atoms with Gasteiger partial charge in [-0.1, -0.05) is 56.5 Å². The summed E-state index contributed by atoms with van der Waals surface area (Å²) in [6, 6.07) is 15.8. The molecule has 2 aromatic carbocycles. The third kappa shape index (κ3) is 4.35. The Kier molecular flexibility index (Phi) is 6.17. The molecule has 0 spiro atoms. The molecule has 1 atom stereocenters. The molecule has 1 fully saturated rings. The van der Waals surface area contributed by atoms with Crippen molar-refractivity contribution in [2.24, 2.45) is 0 Å². The minimum atomic E-state index is -1.26. The van der Waals surface area contributed by atoms with E-state index in [-0.39, 0.29) is 24.4 Å². The molecule has 0 bridgehead atoms. The van der Waals surface area contributed by atoms with Crippen LogP contribution in [0.4, 0.5) is 10.1 Å². The van der Waals surface area contributed by atoms with Crippen molar-refractivity contribution in [3.05, 3.63) is 71.7 Å². The molecule has 1 aromatic heterocycles. The number of carbonyl (C=O) groups excluding carboxylic acids is 2. The van der Waals surface area contributed by atoms with Gasteiger partial charge in [0.2, 0.25) is 5.91 Å². The molecule has 35 heavy (non-hydrogen) atoms. The largest absolute Gasteiger partial charge is 0.351 e. The van der Waals surface area contributed by atoms with Gasteiger partial charge in [-0.3, -0.25) is 19.2 Å². The lowest BCUT2D eigenvalue weighted by Gasteiger charge is -2.44. The maximum absolute atomic E-state index is 14.2. The summed E-state index contributed by atoms with van der Waals surface area (Å²) in [5.74, 6) is -1.06. The van der Waals surface area contributed by atoms with E-state index in [9.17, 15) is 14.0 Å². The van der Waals surface area contributed by atoms with Crippen molar-refractivity contribution in [1.82, 2.24) is 15.1 Å². The number of nitrogens with zero attached hydrogens (tertiary/aromatic N) is 3. The third-order valence-electron chi connectivity index (χ3n) is 7.31. The standard InChI is InChI=1S/C28H31FN4O2/c1-3-19-12-14-20(15-13-19)24-17-25-26(34)33(23-11-7-8-21(29)16-23)28(2,18-32(25)31-24)27(35)30-22-9-5-4-6-10-22/h7-8,11-17,22H,3-6,9-10,18H2,1-2H3,(H,30,35). The van der Waals surface area contributed by atoms with Gasteiger partial charge in [-0.25, -0.2) is 4.39 Å². The van der Waals surface area contributed by atoms with E-state index < -0.39 is 11.4 Å². The first-order valence-electron chi connectivity index (χ1n) is 12.5. The summed E-state index contributed by atoms with van der Waals surface area (Å²) < 4.78 is 15.8. The van der Waals surface area contributed by atoms with Gasteiger partial charge in [0.1, 0.15) is 17.1 Å². The average molecular weight is 475 g/mol. The second kappa shape index (κ2) is 9.29. The second-order valence-corrected chi connectivity index (χ2v) is 9.83. The van der Waals surface area contributed by atoms with Crippen molar-refractivity contribution in [2.75, 3.05) is 4.90 Å². The highest BCUT2D eigenvalue weighted by atomic mass is 19.1. The molecule has 2 amide bonds. The molecule has 0 saturated heterocycles. The first kappa shape index (κ1) is 23.3. The number of benzene rings is 2. The Morgan fingerprint density at radius 3 is 2.54 bits per heavy atom. The Balaban J connectivity index is 1.54. The fraction of sp³-hybridized carbons (Fsp3) is 0.393. The van der Waals surface area contributed by atoms with E-state index in [0.717, 1.165) is 37.7 Å². The van der Waals surface area contributed by atoms with Crippen LogP contribution >= 0.6 is 0 Å². The molecule has 6 nitrogen and oxygen atoms in total. The van der Waals surface area contributed by atoms with Crippen LogP contribution in [-0.4, -0.2) is 33.2 Å². The van der Waals surface area contributed by atoms with Crippen molar-refractivity contribution in [1.29, 1.82) is 0 Å². The molecular weight excluding hydrogens is 443 g/mol. The number of hydrogen-bond donors (Lipinski definition) is 1. The highest BCUT2D eigenvalue weighted by molar-refractivity contribution is 6.12. The molecule has 5 rings (SSSR count). The number of rotatable bonds is 5. The molecule has 1 aliphatic carbocycles. The van der Waals surface area contributed by atoms with Crippen LogP contribution in [0.1, 0.15) is 62.0 Å². The zero-order valence-corrected chi connectivity index (χ0v) is 20.3. The zero-order valence-electron chi connectivity index (χ0n) is 20.3. The normalized spacial score (nSPS) is 20.5. The highest BCUT2D eigenvalue weighted by Gasteiger charge is 2.49. The van der Waals surface area contributed by atoms with Crippen molar-refractivity contribution in [3.8, 4) is 11.3 Å². The SMILES string of the molecule is CCc1ccc(-c2cc3n(n2)CC(C)(C(=O)NC2CCCCC2)N(c2cccc(F)c2)C3=O)cc1. The van der Waals surface area contributed by atoms with E-state index in [2.05, 4.69) is 24.4 Å². The van der Waals surface area contributed by atoms with E-state index in [1.165, 1.54) is 29.0 Å². The highest BCUT2D eigenvalue weighted by Crippen LogP contribution is 2.35. The molecule has 2 aliphatic rings. The lowest BCUT2D eigenvalue weighted by molar-refractivity contribution is -0.127. The monoisotopic (exact) mass is 474 g/mol. The molecule has 1 aliphatic heterocycles. The number of aryl methyl sites for hydroxylation is 1. The third-order valence-corrected chi connectivity index (χ3v) is 7.31. The molecule has 182 valence electrons. The smallest absolute Gasteiger partial charge is 0.277 e. The van der Waals surface area contributed by atoms with Crippen LogP contribution in [-0.2, 0) is 17.8 Å². The van der Waals surface area contributed by atoms with Crippen LogP contribution in [0.2, 0.25) is 0 Å². The van der Waals surface area contributed by atoms with E-state index in [0.29, 0.717) is 17.1 Å². The van der Waals surface area contributed by atoms with Crippen LogP contribution in [0.5, 0.6) is 0 Å². The quantitative estimate of drug-likeness (QED) is 0.558. The van der Waals surface area contributed by atoms with E-state index in [1.807, 2.05) is 12.1 Å². The van der Waals surface area contributed by atoms with Crippen molar-refractivity contribution in [3.63, 3.8) is 0 Å². The summed E-state index contributed by atoms with van der Waals surface area (Å²) >= 11 is 0. The molecule has 1 unspecified atom stereocenters. The van der Waals surface area contributed by atoms with Gasteiger partial charge in [0.15, 0.2) is 0 Å². The van der Waals surface area contributed by atoms with Crippen LogP contribution in [0.25, 0.3) is 11.3 Å². The van der Waals surface area contributed by atoms with E-state index in [1.54, 1.807) is 29.8 Å². The Morgan fingerprint density at radius 2 is 1.86 bits per heavy atom. The number of anilines is 1. The predicted octanol–water partition coefficient (Wildman–Crippen LogP) is 5.12. The topological polar surface area (TPSA) is 67.2 Å². The number of carbonyl (C=O) groups is 2. The van der Waals surface area contributed by atoms with Crippen molar-refractivity contribution < 1.29 is 14.0 Å². The number of amides is 2. The first-order valence-corrected chi connectivity index (χ1v) is 12.5. The number of nitrogens with one attached hydrogen (secondary N) is 1. The van der Waals surface area contributed by atoms with Gasteiger partial charge in [-0.05, 0) is 56.0 Å². The Bertz CT molecular complexity index is 1250. The first-order chi connectivity index (χ1) is 16.9. The van der Waals surface area contributed by atoms with Gasteiger partial charge in [0.05, 0.1) is 12.2 Å². The number of fused-ring (bicyclic) bond motifs is 1. The van der Waals surface area contributed by atoms with E-state index in [4.69, 9.17) is 5.10 Å². The lowest BCUT2D eigenvalue weighted by Crippen LogP contribution is -2.65. The summed E-state index contributed by atoms with van der Waals surface area (Å²) in [5.41, 5.74) is 2.28. The lowest BCUT2D eigenvalue weighted by atomic mass is 9.91. The summed E-state index contributed by atoms with van der Waals surface area (Å²) in [6.07, 6.45) is 6.14. The summed E-state index contributed by atoms with van der Waals surface area (Å²) in [6.45, 7) is 4.02. The predicted molar refractivity (Wildman–Crippen MR) is 134 cm³/mol. The summed E-state index contributed by atoms with van der Waals surface area (Å²) in [4.78, 5) is 29.0. The number of halogens is 1. The van der Waals surface area contributed by atoms with Crippen LogP contribution in [0.15, 0.2) is 54.6 Å². The molecule has 7 heteroatoms. The van der Waals surface area contributed by atoms with Crippen LogP contribution in [0.3, 0.4) is 0 Å². The van der Waals surface area contributed by atoms with Crippen LogP contribution in [0, 0.1) is 5.82 Å². The maximum atomic E-state index is 14.2. The molecule has 1 saturated carbocycles. The number of aromatic nitrogens is 2. The fourth-order valence-corrected chi connectivity index (χ4v) is 5.24. The Hall–Kier alpha value is -3.48. The molecule has 2 heterocycles. The van der Waals surface area contributed by atoms with E-state index >= 15 is 0 Å². The summed E-state index contributed by atoms with van der Waals surface area (Å²) in [7, 11) is 0.